The average Bonchev–Trinajstić information content (AvgIpc) is 1.88. The summed E-state index contributed by atoms with van der Waals surface area (Å²) in [5.74, 6) is 0.617. The second-order valence-corrected chi connectivity index (χ2v) is 2.97. The molecule has 0 atom stereocenters. The number of allylic oxidation sites excluding steroid dienone is 1. The summed E-state index contributed by atoms with van der Waals surface area (Å²) in [6.45, 7) is 5.34. The van der Waals surface area contributed by atoms with Crippen molar-refractivity contribution in [2.24, 2.45) is 0 Å². The lowest BCUT2D eigenvalue weighted by molar-refractivity contribution is 0.303. The van der Waals surface area contributed by atoms with Gasteiger partial charge in [0.1, 0.15) is 0 Å². The van der Waals surface area contributed by atoms with Crippen LogP contribution in [0, 0.1) is 0 Å². The number of hydrogen-bond acceptors (Lipinski definition) is 1. The lowest BCUT2D eigenvalue weighted by Gasteiger charge is -2.18. The van der Waals surface area contributed by atoms with Gasteiger partial charge >= 0.3 is 0 Å². The van der Waals surface area contributed by atoms with Crippen LogP contribution in [0.1, 0.15) is 13.8 Å². The highest BCUT2D eigenvalue weighted by Crippen LogP contribution is 1.92. The number of halogens is 1. The zero-order chi connectivity index (χ0) is 7.98. The van der Waals surface area contributed by atoms with E-state index in [2.05, 4.69) is 31.9 Å². The van der Waals surface area contributed by atoms with Gasteiger partial charge < -0.3 is 4.90 Å². The van der Waals surface area contributed by atoms with Crippen LogP contribution in [-0.4, -0.2) is 30.4 Å². The molecule has 0 spiro atoms. The Bertz CT molecular complexity index is 99.4. The Labute approximate surface area is 68.7 Å². The van der Waals surface area contributed by atoms with Gasteiger partial charge in [-0.15, -0.1) is 11.6 Å². The molecule has 0 N–H and O–H groups in total. The van der Waals surface area contributed by atoms with Gasteiger partial charge in [0, 0.05) is 18.5 Å². The number of nitrogens with zero attached hydrogens (tertiary/aromatic N) is 1. The molecule has 10 heavy (non-hydrogen) atoms. The largest absolute Gasteiger partial charge is 0.300 e. The molecule has 0 aromatic heterocycles. The topological polar surface area (TPSA) is 3.24 Å². The molecular weight excluding hydrogens is 146 g/mol. The van der Waals surface area contributed by atoms with Gasteiger partial charge in [0.05, 0.1) is 0 Å². The molecule has 0 aliphatic rings. The maximum Gasteiger partial charge on any atom is 0.0404 e. The summed E-state index contributed by atoms with van der Waals surface area (Å²) in [4.78, 5) is 2.25. The quantitative estimate of drug-likeness (QED) is 0.451. The van der Waals surface area contributed by atoms with Gasteiger partial charge in [-0.2, -0.15) is 0 Å². The molecule has 0 aliphatic heterocycles. The van der Waals surface area contributed by atoms with E-state index in [9.17, 15) is 0 Å². The van der Waals surface area contributed by atoms with E-state index in [1.165, 1.54) is 0 Å². The van der Waals surface area contributed by atoms with Crippen LogP contribution in [0.15, 0.2) is 12.2 Å². The Hall–Kier alpha value is -0.0100. The first-order chi connectivity index (χ1) is 4.68. The van der Waals surface area contributed by atoms with Crippen molar-refractivity contribution < 1.29 is 0 Å². The first kappa shape index (κ1) is 9.99. The van der Waals surface area contributed by atoms with E-state index in [1.54, 1.807) is 0 Å². The zero-order valence-electron chi connectivity index (χ0n) is 6.97. The summed E-state index contributed by atoms with van der Waals surface area (Å²) < 4.78 is 0. The summed E-state index contributed by atoms with van der Waals surface area (Å²) in [5, 5.41) is 0. The second kappa shape index (κ2) is 5.75. The second-order valence-electron chi connectivity index (χ2n) is 2.66. The van der Waals surface area contributed by atoms with Gasteiger partial charge in [-0.05, 0) is 20.9 Å². The van der Waals surface area contributed by atoms with Crippen molar-refractivity contribution in [3.63, 3.8) is 0 Å². The number of likely N-dealkylation sites (N-methyl/N-ethyl adjacent to an activating group) is 1. The summed E-state index contributed by atoms with van der Waals surface area (Å²) >= 11 is 5.46. The fourth-order valence-corrected chi connectivity index (χ4v) is 0.641. The highest BCUT2D eigenvalue weighted by molar-refractivity contribution is 6.18. The molecule has 0 saturated carbocycles. The van der Waals surface area contributed by atoms with E-state index < -0.39 is 0 Å². The lowest BCUT2D eigenvalue weighted by Crippen LogP contribution is -2.26. The lowest BCUT2D eigenvalue weighted by atomic mass is 10.3. The summed E-state index contributed by atoms with van der Waals surface area (Å²) in [6.07, 6.45) is 4.06. The number of hydrogen-bond donors (Lipinski definition) is 0. The van der Waals surface area contributed by atoms with Gasteiger partial charge in [-0.25, -0.2) is 0 Å². The standard InChI is InChI=1S/C8H16ClN/c1-8(2)10(3)7-5-4-6-9/h4-5,8H,6-7H2,1-3H3. The van der Waals surface area contributed by atoms with Crippen molar-refractivity contribution in [2.75, 3.05) is 19.5 Å². The molecule has 0 saturated heterocycles. The molecule has 1 nitrogen and oxygen atoms in total. The summed E-state index contributed by atoms with van der Waals surface area (Å²) in [6, 6.07) is 0.611. The minimum Gasteiger partial charge on any atom is -0.300 e. The Morgan fingerprint density at radius 3 is 2.40 bits per heavy atom. The molecule has 0 rings (SSSR count). The fraction of sp³-hybridized carbons (Fsp3) is 0.750. The van der Waals surface area contributed by atoms with Crippen molar-refractivity contribution in [3.05, 3.63) is 12.2 Å². The summed E-state index contributed by atoms with van der Waals surface area (Å²) in [5.41, 5.74) is 0. The monoisotopic (exact) mass is 161 g/mol. The number of alkyl halides is 1. The highest BCUT2D eigenvalue weighted by atomic mass is 35.5. The smallest absolute Gasteiger partial charge is 0.0404 e. The van der Waals surface area contributed by atoms with Gasteiger partial charge in [0.2, 0.25) is 0 Å². The molecular formula is C8H16ClN. The van der Waals surface area contributed by atoms with Crippen LogP contribution in [0.2, 0.25) is 0 Å². The Balaban J connectivity index is 3.38. The van der Waals surface area contributed by atoms with Crippen molar-refractivity contribution >= 4 is 11.6 Å². The summed E-state index contributed by atoms with van der Waals surface area (Å²) in [7, 11) is 2.10. The van der Waals surface area contributed by atoms with Crippen molar-refractivity contribution in [2.45, 2.75) is 19.9 Å². The van der Waals surface area contributed by atoms with Crippen molar-refractivity contribution in [1.82, 2.24) is 4.90 Å². The molecule has 2 heteroatoms. The van der Waals surface area contributed by atoms with E-state index in [0.29, 0.717) is 11.9 Å². The van der Waals surface area contributed by atoms with Crippen LogP contribution in [0.4, 0.5) is 0 Å². The van der Waals surface area contributed by atoms with Crippen LogP contribution in [0.5, 0.6) is 0 Å². The molecule has 0 fully saturated rings. The minimum absolute atomic E-state index is 0.611. The maximum atomic E-state index is 5.46. The van der Waals surface area contributed by atoms with Gasteiger partial charge in [-0.1, -0.05) is 12.2 Å². The van der Waals surface area contributed by atoms with Gasteiger partial charge in [0.25, 0.3) is 0 Å². The van der Waals surface area contributed by atoms with Gasteiger partial charge in [0.15, 0.2) is 0 Å². The molecule has 0 unspecified atom stereocenters. The minimum atomic E-state index is 0.611. The Kier molecular flexibility index (Phi) is 5.74. The first-order valence-electron chi connectivity index (χ1n) is 3.59. The highest BCUT2D eigenvalue weighted by Gasteiger charge is 1.97. The van der Waals surface area contributed by atoms with Gasteiger partial charge in [-0.3, -0.25) is 0 Å². The average molecular weight is 162 g/mol. The van der Waals surface area contributed by atoms with Crippen LogP contribution in [-0.2, 0) is 0 Å². The van der Waals surface area contributed by atoms with Crippen LogP contribution in [0.3, 0.4) is 0 Å². The van der Waals surface area contributed by atoms with Crippen molar-refractivity contribution in [3.8, 4) is 0 Å². The predicted molar refractivity (Wildman–Crippen MR) is 47.6 cm³/mol. The molecule has 0 aromatic rings. The SMILES string of the molecule is CC(C)N(C)CC=CCCl. The molecule has 0 radical (unpaired) electrons. The molecule has 0 bridgehead atoms. The van der Waals surface area contributed by atoms with E-state index >= 15 is 0 Å². The molecule has 0 aliphatic carbocycles. The van der Waals surface area contributed by atoms with E-state index in [0.717, 1.165) is 6.54 Å². The third kappa shape index (κ3) is 4.83. The normalized spacial score (nSPS) is 12.2. The number of rotatable bonds is 4. The third-order valence-corrected chi connectivity index (χ3v) is 1.71. The van der Waals surface area contributed by atoms with E-state index in [4.69, 9.17) is 11.6 Å². The Morgan fingerprint density at radius 1 is 1.40 bits per heavy atom. The Morgan fingerprint density at radius 2 is 2.00 bits per heavy atom. The van der Waals surface area contributed by atoms with Crippen LogP contribution < -0.4 is 0 Å². The first-order valence-corrected chi connectivity index (χ1v) is 4.13. The van der Waals surface area contributed by atoms with Crippen LogP contribution >= 0.6 is 11.6 Å². The predicted octanol–water partition coefficient (Wildman–Crippen LogP) is 2.12. The zero-order valence-corrected chi connectivity index (χ0v) is 7.73. The van der Waals surface area contributed by atoms with Crippen LogP contribution in [0.25, 0.3) is 0 Å². The third-order valence-electron chi connectivity index (χ3n) is 1.53. The van der Waals surface area contributed by atoms with E-state index in [-0.39, 0.29) is 0 Å². The molecule has 0 heterocycles. The molecule has 0 amide bonds. The fourth-order valence-electron chi connectivity index (χ4n) is 0.515. The maximum absolute atomic E-state index is 5.46. The molecule has 60 valence electrons. The van der Waals surface area contributed by atoms with Crippen molar-refractivity contribution in [1.29, 1.82) is 0 Å². The van der Waals surface area contributed by atoms with E-state index in [1.807, 2.05) is 6.08 Å². The molecule has 0 aromatic carbocycles.